The molecule has 22 heavy (non-hydrogen) atoms. The van der Waals surface area contributed by atoms with Gasteiger partial charge in [-0.25, -0.2) is 4.79 Å². The molecule has 1 aromatic heterocycles. The van der Waals surface area contributed by atoms with Gasteiger partial charge in [-0.2, -0.15) is 5.10 Å². The topological polar surface area (TPSA) is 79.0 Å². The number of nitrogens with one attached hydrogen (secondary N) is 3. The molecule has 2 rings (SSSR count). The van der Waals surface area contributed by atoms with Gasteiger partial charge >= 0.3 is 6.09 Å². The predicted molar refractivity (Wildman–Crippen MR) is 85.7 cm³/mol. The van der Waals surface area contributed by atoms with Gasteiger partial charge in [0.15, 0.2) is 0 Å². The van der Waals surface area contributed by atoms with E-state index >= 15 is 0 Å². The minimum atomic E-state index is -0.462. The third kappa shape index (κ3) is 5.02. The molecule has 1 aromatic rings. The van der Waals surface area contributed by atoms with Crippen LogP contribution >= 0.6 is 0 Å². The Morgan fingerprint density at radius 1 is 1.41 bits per heavy atom. The Morgan fingerprint density at radius 3 is 2.59 bits per heavy atom. The van der Waals surface area contributed by atoms with Gasteiger partial charge in [-0.15, -0.1) is 0 Å². The first-order chi connectivity index (χ1) is 10.3. The maximum atomic E-state index is 11.9. The van der Waals surface area contributed by atoms with Crippen molar-refractivity contribution in [3.05, 3.63) is 17.0 Å². The zero-order valence-corrected chi connectivity index (χ0v) is 14.2. The molecule has 1 fully saturated rings. The number of carbonyl (C=O) groups excluding carboxylic acids is 1. The maximum absolute atomic E-state index is 11.9. The fourth-order valence-electron chi connectivity index (χ4n) is 2.48. The first-order valence-electron chi connectivity index (χ1n) is 7.97. The number of aromatic amines is 1. The lowest BCUT2D eigenvalue weighted by molar-refractivity contribution is 0.0497. The fraction of sp³-hybridized carbons (Fsp3) is 0.750. The molecule has 1 aliphatic rings. The lowest BCUT2D eigenvalue weighted by Crippen LogP contribution is -2.45. The Hall–Kier alpha value is -1.56. The quantitative estimate of drug-likeness (QED) is 0.754. The first kappa shape index (κ1) is 16.8. The highest BCUT2D eigenvalue weighted by Crippen LogP contribution is 2.32. The molecule has 6 heteroatoms. The predicted octanol–water partition coefficient (Wildman–Crippen LogP) is 2.42. The molecule has 124 valence electrons. The lowest BCUT2D eigenvalue weighted by atomic mass is 10.1. The van der Waals surface area contributed by atoms with Crippen molar-refractivity contribution in [2.24, 2.45) is 5.92 Å². The van der Waals surface area contributed by atoms with Gasteiger partial charge < -0.3 is 15.4 Å². The molecule has 1 saturated carbocycles. The van der Waals surface area contributed by atoms with Crippen molar-refractivity contribution in [1.82, 2.24) is 20.8 Å². The summed E-state index contributed by atoms with van der Waals surface area (Å²) in [4.78, 5) is 11.9. The van der Waals surface area contributed by atoms with E-state index < -0.39 is 5.60 Å². The van der Waals surface area contributed by atoms with E-state index in [0.717, 1.165) is 24.5 Å². The number of ether oxygens (including phenoxy) is 1. The number of hydrogen-bond donors (Lipinski definition) is 3. The second kappa shape index (κ2) is 6.69. The minimum absolute atomic E-state index is 0.127. The van der Waals surface area contributed by atoms with Gasteiger partial charge in [0.05, 0.1) is 5.69 Å². The normalized spacial score (nSPS) is 16.4. The second-order valence-corrected chi connectivity index (χ2v) is 7.13. The van der Waals surface area contributed by atoms with E-state index in [9.17, 15) is 4.79 Å². The van der Waals surface area contributed by atoms with Crippen LogP contribution in [0.5, 0.6) is 0 Å². The molecule has 3 N–H and O–H groups in total. The van der Waals surface area contributed by atoms with Gasteiger partial charge in [0.2, 0.25) is 0 Å². The van der Waals surface area contributed by atoms with Crippen molar-refractivity contribution in [1.29, 1.82) is 0 Å². The molecule has 1 unspecified atom stereocenters. The van der Waals surface area contributed by atoms with Crippen LogP contribution in [0.3, 0.4) is 0 Å². The minimum Gasteiger partial charge on any atom is -0.444 e. The van der Waals surface area contributed by atoms with Crippen LogP contribution in [0.1, 0.15) is 50.6 Å². The number of nitrogens with zero attached hydrogens (tertiary/aromatic N) is 1. The van der Waals surface area contributed by atoms with E-state index in [1.165, 1.54) is 18.4 Å². The smallest absolute Gasteiger partial charge is 0.407 e. The summed E-state index contributed by atoms with van der Waals surface area (Å²) in [5, 5.41) is 13.6. The summed E-state index contributed by atoms with van der Waals surface area (Å²) in [6.07, 6.45) is 2.01. The van der Waals surface area contributed by atoms with Gasteiger partial charge in [0, 0.05) is 30.4 Å². The van der Waals surface area contributed by atoms with Crippen molar-refractivity contribution in [3.8, 4) is 0 Å². The van der Waals surface area contributed by atoms with Crippen LogP contribution in [-0.4, -0.2) is 34.5 Å². The highest BCUT2D eigenvalue weighted by Gasteiger charge is 2.33. The molecule has 0 spiro atoms. The molecule has 0 aromatic carbocycles. The van der Waals surface area contributed by atoms with Crippen LogP contribution < -0.4 is 10.6 Å². The number of rotatable bonds is 6. The summed E-state index contributed by atoms with van der Waals surface area (Å²) >= 11 is 0. The van der Waals surface area contributed by atoms with Crippen LogP contribution in [-0.2, 0) is 11.3 Å². The van der Waals surface area contributed by atoms with Crippen LogP contribution in [0.15, 0.2) is 0 Å². The summed E-state index contributed by atoms with van der Waals surface area (Å²) in [6.45, 7) is 11.2. The Bertz CT molecular complexity index is 495. The van der Waals surface area contributed by atoms with Crippen molar-refractivity contribution in [2.45, 2.75) is 65.6 Å². The fourth-order valence-corrected chi connectivity index (χ4v) is 2.48. The van der Waals surface area contributed by atoms with Gasteiger partial charge in [-0.1, -0.05) is 0 Å². The largest absolute Gasteiger partial charge is 0.444 e. The molecule has 0 bridgehead atoms. The highest BCUT2D eigenvalue weighted by atomic mass is 16.6. The Balaban J connectivity index is 1.81. The Morgan fingerprint density at radius 2 is 2.09 bits per heavy atom. The number of hydrogen-bond acceptors (Lipinski definition) is 4. The summed E-state index contributed by atoms with van der Waals surface area (Å²) < 4.78 is 5.34. The zero-order chi connectivity index (χ0) is 16.3. The third-order valence-corrected chi connectivity index (χ3v) is 3.84. The molecule has 1 atom stereocenters. The van der Waals surface area contributed by atoms with Crippen LogP contribution in [0, 0.1) is 19.8 Å². The van der Waals surface area contributed by atoms with E-state index in [2.05, 4.69) is 20.8 Å². The van der Waals surface area contributed by atoms with Gasteiger partial charge in [0.25, 0.3) is 0 Å². The molecule has 1 aliphatic carbocycles. The van der Waals surface area contributed by atoms with Crippen molar-refractivity contribution >= 4 is 6.09 Å². The molecule has 0 aliphatic heterocycles. The van der Waals surface area contributed by atoms with Gasteiger partial charge in [-0.05, 0) is 53.4 Å². The number of amides is 1. The zero-order valence-electron chi connectivity index (χ0n) is 14.2. The van der Waals surface area contributed by atoms with Gasteiger partial charge in [-0.3, -0.25) is 5.10 Å². The van der Waals surface area contributed by atoms with Crippen molar-refractivity contribution < 1.29 is 9.53 Å². The molecule has 0 radical (unpaired) electrons. The Labute approximate surface area is 132 Å². The lowest BCUT2D eigenvalue weighted by Gasteiger charge is -2.24. The van der Waals surface area contributed by atoms with Crippen molar-refractivity contribution in [2.75, 3.05) is 6.54 Å². The average Bonchev–Trinajstić information content (AvgIpc) is 3.17. The SMILES string of the molecule is Cc1n[nH]c(C)c1CNCC(NC(=O)OC(C)(C)C)C1CC1. The van der Waals surface area contributed by atoms with Crippen LogP contribution in [0.4, 0.5) is 4.79 Å². The van der Waals surface area contributed by atoms with E-state index in [1.807, 2.05) is 34.6 Å². The summed E-state index contributed by atoms with van der Waals surface area (Å²) in [5.41, 5.74) is 2.85. The second-order valence-electron chi connectivity index (χ2n) is 7.13. The summed E-state index contributed by atoms with van der Waals surface area (Å²) in [5.74, 6) is 0.562. The standard InChI is InChI=1S/C16H28N4O2/c1-10-13(11(2)20-19-10)8-17-9-14(12-6-7-12)18-15(21)22-16(3,4)5/h12,14,17H,6-9H2,1-5H3,(H,18,21)(H,19,20). The van der Waals surface area contributed by atoms with Crippen LogP contribution in [0.2, 0.25) is 0 Å². The molecule has 6 nitrogen and oxygen atoms in total. The monoisotopic (exact) mass is 308 g/mol. The number of aromatic nitrogens is 2. The summed E-state index contributed by atoms with van der Waals surface area (Å²) in [6, 6.07) is 0.127. The third-order valence-electron chi connectivity index (χ3n) is 3.84. The molecule has 1 amide bonds. The van der Waals surface area contributed by atoms with Gasteiger partial charge in [0.1, 0.15) is 5.60 Å². The van der Waals surface area contributed by atoms with E-state index in [-0.39, 0.29) is 12.1 Å². The molecule has 1 heterocycles. The first-order valence-corrected chi connectivity index (χ1v) is 7.97. The van der Waals surface area contributed by atoms with E-state index in [4.69, 9.17) is 4.74 Å². The van der Waals surface area contributed by atoms with Crippen molar-refractivity contribution in [3.63, 3.8) is 0 Å². The summed E-state index contributed by atoms with van der Waals surface area (Å²) in [7, 11) is 0. The number of carbonyl (C=O) groups is 1. The van der Waals surface area contributed by atoms with Crippen LogP contribution in [0.25, 0.3) is 0 Å². The number of H-pyrrole nitrogens is 1. The molecular formula is C16H28N4O2. The van der Waals surface area contributed by atoms with E-state index in [1.54, 1.807) is 0 Å². The number of aryl methyl sites for hydroxylation is 2. The highest BCUT2D eigenvalue weighted by molar-refractivity contribution is 5.68. The number of alkyl carbamates (subject to hydrolysis) is 1. The van der Waals surface area contributed by atoms with E-state index in [0.29, 0.717) is 5.92 Å². The molecular weight excluding hydrogens is 280 g/mol. The Kier molecular flexibility index (Phi) is 5.11. The maximum Gasteiger partial charge on any atom is 0.407 e. The molecule has 0 saturated heterocycles. The average molecular weight is 308 g/mol.